The van der Waals surface area contributed by atoms with E-state index in [0.29, 0.717) is 6.61 Å². The van der Waals surface area contributed by atoms with E-state index in [9.17, 15) is 19.5 Å². The summed E-state index contributed by atoms with van der Waals surface area (Å²) in [5.74, 6) is -1.82. The minimum atomic E-state index is -1.26. The number of alkyl carbamates (subject to hydrolysis) is 1. The summed E-state index contributed by atoms with van der Waals surface area (Å²) in [6, 6.07) is 6.89. The summed E-state index contributed by atoms with van der Waals surface area (Å²) in [6.07, 6.45) is -0.676. The number of rotatable bonds is 9. The number of carboxylic acid groups (broad SMARTS) is 1. The molecule has 0 heterocycles. The number of esters is 1. The van der Waals surface area contributed by atoms with Gasteiger partial charge < -0.3 is 19.9 Å². The van der Waals surface area contributed by atoms with Crippen molar-refractivity contribution in [1.82, 2.24) is 5.32 Å². The van der Waals surface area contributed by atoms with Crippen LogP contribution in [0.2, 0.25) is 25.7 Å². The molecule has 2 unspecified atom stereocenters. The molecule has 8 heteroatoms. The quantitative estimate of drug-likeness (QED) is 0.444. The Labute approximate surface area is 180 Å². The fraction of sp³-hybridized carbons (Fsp3) is 0.591. The van der Waals surface area contributed by atoms with Gasteiger partial charge in [0.05, 0.1) is 12.5 Å². The lowest BCUT2D eigenvalue weighted by Gasteiger charge is -2.22. The van der Waals surface area contributed by atoms with E-state index in [1.807, 2.05) is 0 Å². The molecule has 2 atom stereocenters. The number of aliphatic carboxylic acids is 1. The van der Waals surface area contributed by atoms with Gasteiger partial charge in [-0.25, -0.2) is 9.59 Å². The number of carboxylic acids is 1. The zero-order valence-electron chi connectivity index (χ0n) is 19.1. The number of nitrogens with one attached hydrogen (secondary N) is 1. The van der Waals surface area contributed by atoms with Gasteiger partial charge in [-0.2, -0.15) is 0 Å². The Morgan fingerprint density at radius 1 is 1.10 bits per heavy atom. The second kappa shape index (κ2) is 10.6. The molecule has 0 spiro atoms. The molecular weight excluding hydrogens is 402 g/mol. The van der Waals surface area contributed by atoms with Gasteiger partial charge in [0.2, 0.25) is 0 Å². The zero-order chi connectivity index (χ0) is 23.1. The lowest BCUT2D eigenvalue weighted by Crippen LogP contribution is -2.44. The van der Waals surface area contributed by atoms with Gasteiger partial charge in [0, 0.05) is 14.5 Å². The second-order valence-corrected chi connectivity index (χ2v) is 15.3. The maximum absolute atomic E-state index is 12.3. The maximum Gasteiger partial charge on any atom is 0.408 e. The van der Waals surface area contributed by atoms with Crippen molar-refractivity contribution in [2.45, 2.75) is 77.4 Å². The third-order valence-electron chi connectivity index (χ3n) is 4.36. The van der Waals surface area contributed by atoms with Crippen molar-refractivity contribution in [2.75, 3.05) is 6.61 Å². The Morgan fingerprint density at radius 2 is 1.67 bits per heavy atom. The Hall–Kier alpha value is -2.35. The molecule has 1 rings (SSSR count). The van der Waals surface area contributed by atoms with E-state index in [1.165, 1.54) is 0 Å². The summed E-state index contributed by atoms with van der Waals surface area (Å²) in [5, 5.41) is 11.8. The summed E-state index contributed by atoms with van der Waals surface area (Å²) in [6.45, 7) is 14.0. The number of amides is 1. The van der Waals surface area contributed by atoms with Crippen molar-refractivity contribution in [3.05, 3.63) is 35.4 Å². The molecule has 30 heavy (non-hydrogen) atoms. The third kappa shape index (κ3) is 9.91. The first-order chi connectivity index (χ1) is 13.7. The topological polar surface area (TPSA) is 102 Å². The van der Waals surface area contributed by atoms with E-state index < -0.39 is 37.7 Å². The number of ether oxygens (including phenoxy) is 2. The van der Waals surface area contributed by atoms with Crippen LogP contribution in [0.1, 0.15) is 44.7 Å². The van der Waals surface area contributed by atoms with Crippen LogP contribution in [0, 0.1) is 0 Å². The minimum Gasteiger partial charge on any atom is -0.480 e. The fourth-order valence-corrected chi connectivity index (χ4v) is 3.26. The number of hydrogen-bond acceptors (Lipinski definition) is 5. The highest BCUT2D eigenvalue weighted by molar-refractivity contribution is 6.76. The van der Waals surface area contributed by atoms with Crippen LogP contribution in [0.4, 0.5) is 4.79 Å². The van der Waals surface area contributed by atoms with E-state index >= 15 is 0 Å². The van der Waals surface area contributed by atoms with Crippen molar-refractivity contribution in [3.63, 3.8) is 0 Å². The van der Waals surface area contributed by atoms with Crippen LogP contribution in [0.15, 0.2) is 24.3 Å². The first kappa shape index (κ1) is 25.7. The summed E-state index contributed by atoms with van der Waals surface area (Å²) < 4.78 is 10.5. The van der Waals surface area contributed by atoms with Gasteiger partial charge in [-0.3, -0.25) is 4.79 Å². The van der Waals surface area contributed by atoms with Crippen LogP contribution in [0.5, 0.6) is 0 Å². The van der Waals surface area contributed by atoms with Crippen molar-refractivity contribution in [3.8, 4) is 0 Å². The monoisotopic (exact) mass is 437 g/mol. The predicted molar refractivity (Wildman–Crippen MR) is 118 cm³/mol. The van der Waals surface area contributed by atoms with E-state index in [-0.39, 0.29) is 12.4 Å². The highest BCUT2D eigenvalue weighted by Crippen LogP contribution is 2.19. The van der Waals surface area contributed by atoms with Gasteiger partial charge in [-0.15, -0.1) is 0 Å². The second-order valence-electron chi connectivity index (χ2n) is 9.68. The van der Waals surface area contributed by atoms with E-state index in [1.54, 1.807) is 52.0 Å². The first-order valence-corrected chi connectivity index (χ1v) is 13.9. The smallest absolute Gasteiger partial charge is 0.408 e. The van der Waals surface area contributed by atoms with Gasteiger partial charge >= 0.3 is 18.0 Å². The highest BCUT2D eigenvalue weighted by atomic mass is 28.3. The molecule has 0 saturated carbocycles. The lowest BCUT2D eigenvalue weighted by atomic mass is 9.98. The molecular formula is C22H35NO6Si. The summed E-state index contributed by atoms with van der Waals surface area (Å²) in [4.78, 5) is 35.7. The SMILES string of the molecule is CC(C(=O)OCC[Si](C)(C)C)c1ccc(CC(NC(=O)OC(C)(C)C)C(=O)O)cc1. The molecule has 0 fully saturated rings. The lowest BCUT2D eigenvalue weighted by molar-refractivity contribution is -0.144. The zero-order valence-corrected chi connectivity index (χ0v) is 20.1. The molecule has 2 N–H and O–H groups in total. The Bertz CT molecular complexity index is 733. The summed E-state index contributed by atoms with van der Waals surface area (Å²) in [7, 11) is -1.26. The van der Waals surface area contributed by atoms with Gasteiger partial charge in [-0.05, 0) is 44.9 Å². The highest BCUT2D eigenvalue weighted by Gasteiger charge is 2.25. The van der Waals surface area contributed by atoms with Gasteiger partial charge in [-0.1, -0.05) is 43.9 Å². The van der Waals surface area contributed by atoms with Crippen molar-refractivity contribution in [2.24, 2.45) is 0 Å². The van der Waals surface area contributed by atoms with Crippen LogP contribution in [-0.4, -0.2) is 49.5 Å². The van der Waals surface area contributed by atoms with Crippen molar-refractivity contribution >= 4 is 26.1 Å². The van der Waals surface area contributed by atoms with Crippen LogP contribution in [-0.2, 0) is 25.5 Å². The number of carbonyl (C=O) groups is 3. The van der Waals surface area contributed by atoms with Crippen LogP contribution >= 0.6 is 0 Å². The standard InChI is InChI=1S/C22H35NO6Si/c1-15(20(26)28-12-13-30(5,6)7)17-10-8-16(9-11-17)14-18(19(24)25)23-21(27)29-22(2,3)4/h8-11,15,18H,12-14H2,1-7H3,(H,23,27)(H,24,25). The van der Waals surface area contributed by atoms with E-state index in [2.05, 4.69) is 25.0 Å². The Kier molecular flexibility index (Phi) is 9.08. The molecule has 0 aliphatic heterocycles. The molecule has 7 nitrogen and oxygen atoms in total. The largest absolute Gasteiger partial charge is 0.480 e. The minimum absolute atomic E-state index is 0.101. The van der Waals surface area contributed by atoms with E-state index in [4.69, 9.17) is 9.47 Å². The third-order valence-corrected chi connectivity index (χ3v) is 6.06. The van der Waals surface area contributed by atoms with Crippen LogP contribution < -0.4 is 5.32 Å². The van der Waals surface area contributed by atoms with Gasteiger partial charge in [0.15, 0.2) is 0 Å². The maximum atomic E-state index is 12.3. The molecule has 0 radical (unpaired) electrons. The average Bonchev–Trinajstić information content (AvgIpc) is 2.58. The van der Waals surface area contributed by atoms with E-state index in [0.717, 1.165) is 17.2 Å². The molecule has 1 aromatic rings. The van der Waals surface area contributed by atoms with Crippen molar-refractivity contribution < 1.29 is 29.0 Å². The number of hydrogen-bond donors (Lipinski definition) is 2. The Balaban J connectivity index is 2.69. The Morgan fingerprint density at radius 3 is 2.13 bits per heavy atom. The molecule has 0 aliphatic carbocycles. The fourth-order valence-electron chi connectivity index (χ4n) is 2.55. The molecule has 0 saturated heterocycles. The van der Waals surface area contributed by atoms with Crippen molar-refractivity contribution in [1.29, 1.82) is 0 Å². The normalized spacial score (nSPS) is 13.8. The number of carbonyl (C=O) groups excluding carboxylic acids is 2. The summed E-state index contributed by atoms with van der Waals surface area (Å²) >= 11 is 0. The molecule has 1 aromatic carbocycles. The van der Waals surface area contributed by atoms with Gasteiger partial charge in [0.25, 0.3) is 0 Å². The first-order valence-electron chi connectivity index (χ1n) is 10.2. The van der Waals surface area contributed by atoms with Crippen LogP contribution in [0.25, 0.3) is 0 Å². The predicted octanol–water partition coefficient (Wildman–Crippen LogP) is 4.19. The number of benzene rings is 1. The molecule has 168 valence electrons. The average molecular weight is 438 g/mol. The molecule has 0 aliphatic rings. The molecule has 1 amide bonds. The van der Waals surface area contributed by atoms with Crippen LogP contribution in [0.3, 0.4) is 0 Å². The molecule has 0 bridgehead atoms. The molecule has 0 aromatic heterocycles. The summed E-state index contributed by atoms with van der Waals surface area (Å²) in [5.41, 5.74) is 0.805. The van der Waals surface area contributed by atoms with Gasteiger partial charge in [0.1, 0.15) is 11.6 Å².